The first kappa shape index (κ1) is 9.84. The summed E-state index contributed by atoms with van der Waals surface area (Å²) in [6.45, 7) is 1.77. The predicted molar refractivity (Wildman–Crippen MR) is 40.3 cm³/mol. The Morgan fingerprint density at radius 2 is 2.18 bits per heavy atom. The first-order chi connectivity index (χ1) is 5.13. The van der Waals surface area contributed by atoms with Gasteiger partial charge in [0, 0.05) is 6.54 Å². The number of carbonyl (C=O) groups is 2. The van der Waals surface area contributed by atoms with Gasteiger partial charge in [-0.05, 0) is 13.0 Å². The van der Waals surface area contributed by atoms with E-state index in [1.54, 1.807) is 6.08 Å². The number of rotatable bonds is 5. The quantitative estimate of drug-likeness (QED) is 0.428. The zero-order valence-corrected chi connectivity index (χ0v) is 6.33. The Morgan fingerprint density at radius 1 is 1.55 bits per heavy atom. The van der Waals surface area contributed by atoms with Gasteiger partial charge in [-0.2, -0.15) is 0 Å². The van der Waals surface area contributed by atoms with Gasteiger partial charge in [-0.25, -0.2) is 0 Å². The number of allylic oxidation sites excluding steroid dienone is 1. The molecule has 0 radical (unpaired) electrons. The molecule has 0 aliphatic rings. The summed E-state index contributed by atoms with van der Waals surface area (Å²) in [4.78, 5) is 20.3. The van der Waals surface area contributed by atoms with E-state index in [1.165, 1.54) is 13.0 Å². The number of ketones is 1. The molecule has 0 bridgehead atoms. The van der Waals surface area contributed by atoms with Gasteiger partial charge in [0.2, 0.25) is 0 Å². The summed E-state index contributed by atoms with van der Waals surface area (Å²) in [5.74, 6) is -0.941. The van der Waals surface area contributed by atoms with Crippen molar-refractivity contribution in [3.05, 3.63) is 12.2 Å². The van der Waals surface area contributed by atoms with Crippen molar-refractivity contribution in [1.29, 1.82) is 0 Å². The summed E-state index contributed by atoms with van der Waals surface area (Å²) in [7, 11) is 0. The maximum Gasteiger partial charge on any atom is 0.317 e. The Bertz CT molecular complexity index is 175. The second-order valence-corrected chi connectivity index (χ2v) is 2.04. The van der Waals surface area contributed by atoms with Gasteiger partial charge in [0.05, 0.1) is 6.54 Å². The van der Waals surface area contributed by atoms with Crippen molar-refractivity contribution in [3.8, 4) is 0 Å². The number of carbonyl (C=O) groups excluding carboxylic acids is 1. The first-order valence-electron chi connectivity index (χ1n) is 3.22. The van der Waals surface area contributed by atoms with Crippen molar-refractivity contribution >= 4 is 11.8 Å². The smallest absolute Gasteiger partial charge is 0.317 e. The highest BCUT2D eigenvalue weighted by Gasteiger charge is 1.91. The van der Waals surface area contributed by atoms with E-state index >= 15 is 0 Å². The van der Waals surface area contributed by atoms with Gasteiger partial charge in [-0.3, -0.25) is 9.59 Å². The van der Waals surface area contributed by atoms with Crippen molar-refractivity contribution < 1.29 is 14.7 Å². The minimum absolute atomic E-state index is 0.0397. The van der Waals surface area contributed by atoms with E-state index in [1.807, 2.05) is 0 Å². The molecule has 0 saturated heterocycles. The molecule has 0 aromatic rings. The third-order valence-electron chi connectivity index (χ3n) is 0.891. The van der Waals surface area contributed by atoms with Gasteiger partial charge in [0.1, 0.15) is 0 Å². The zero-order chi connectivity index (χ0) is 8.69. The monoisotopic (exact) mass is 157 g/mol. The summed E-state index contributed by atoms with van der Waals surface area (Å²) in [5, 5.41) is 10.8. The normalized spacial score (nSPS) is 10.3. The van der Waals surface area contributed by atoms with Gasteiger partial charge >= 0.3 is 5.97 Å². The fourth-order valence-corrected chi connectivity index (χ4v) is 0.487. The van der Waals surface area contributed by atoms with Crippen molar-refractivity contribution in [3.63, 3.8) is 0 Å². The molecule has 0 rings (SSSR count). The summed E-state index contributed by atoms with van der Waals surface area (Å²) < 4.78 is 0. The van der Waals surface area contributed by atoms with Crippen molar-refractivity contribution in [1.82, 2.24) is 5.32 Å². The highest BCUT2D eigenvalue weighted by molar-refractivity contribution is 5.87. The first-order valence-corrected chi connectivity index (χ1v) is 3.22. The molecule has 0 saturated carbocycles. The third kappa shape index (κ3) is 8.84. The highest BCUT2D eigenvalue weighted by Crippen LogP contribution is 1.72. The molecule has 0 aliphatic heterocycles. The molecule has 4 nitrogen and oxygen atoms in total. The van der Waals surface area contributed by atoms with Crippen molar-refractivity contribution in [2.45, 2.75) is 6.92 Å². The second kappa shape index (κ2) is 5.61. The third-order valence-corrected chi connectivity index (χ3v) is 0.891. The van der Waals surface area contributed by atoms with E-state index < -0.39 is 5.97 Å². The van der Waals surface area contributed by atoms with Crippen LogP contribution >= 0.6 is 0 Å². The zero-order valence-electron chi connectivity index (χ0n) is 6.33. The number of nitrogens with one attached hydrogen (secondary N) is 1. The molecule has 2 N–H and O–H groups in total. The molecule has 62 valence electrons. The summed E-state index contributed by atoms with van der Waals surface area (Å²) in [6, 6.07) is 0. The lowest BCUT2D eigenvalue weighted by molar-refractivity contribution is -0.135. The minimum atomic E-state index is -0.902. The molecule has 0 heterocycles. The fraction of sp³-hybridized carbons (Fsp3) is 0.429. The van der Waals surface area contributed by atoms with Crippen LogP contribution < -0.4 is 5.32 Å². The van der Waals surface area contributed by atoms with Crippen LogP contribution in [0.2, 0.25) is 0 Å². The van der Waals surface area contributed by atoms with Crippen LogP contribution in [0, 0.1) is 0 Å². The van der Waals surface area contributed by atoms with Crippen LogP contribution in [0.1, 0.15) is 6.92 Å². The number of hydrogen-bond acceptors (Lipinski definition) is 3. The van der Waals surface area contributed by atoms with Gasteiger partial charge < -0.3 is 10.4 Å². The molecule has 0 atom stereocenters. The Kier molecular flexibility index (Phi) is 5.02. The van der Waals surface area contributed by atoms with Gasteiger partial charge in [-0.15, -0.1) is 0 Å². The molecule has 0 aliphatic carbocycles. The van der Waals surface area contributed by atoms with Gasteiger partial charge in [-0.1, -0.05) is 6.08 Å². The van der Waals surface area contributed by atoms with E-state index in [4.69, 9.17) is 5.11 Å². The van der Waals surface area contributed by atoms with Crippen LogP contribution in [0.3, 0.4) is 0 Å². The molecule has 11 heavy (non-hydrogen) atoms. The van der Waals surface area contributed by atoms with Crippen LogP contribution in [0.25, 0.3) is 0 Å². The molecule has 4 heteroatoms. The standard InChI is InChI=1S/C7H11NO3/c1-6(9)3-2-4-8-5-7(10)11/h2-3,8H,4-5H2,1H3,(H,10,11)/b3-2+. The fourth-order valence-electron chi connectivity index (χ4n) is 0.487. The Hall–Kier alpha value is -1.16. The topological polar surface area (TPSA) is 66.4 Å². The maximum atomic E-state index is 10.3. The Labute approximate surface area is 64.9 Å². The van der Waals surface area contributed by atoms with Crippen LogP contribution in [0.5, 0.6) is 0 Å². The average molecular weight is 157 g/mol. The highest BCUT2D eigenvalue weighted by atomic mass is 16.4. The number of carboxylic acid groups (broad SMARTS) is 1. The van der Waals surface area contributed by atoms with E-state index in [2.05, 4.69) is 5.32 Å². The maximum absolute atomic E-state index is 10.3. The SMILES string of the molecule is CC(=O)/C=C/CNCC(=O)O. The second-order valence-electron chi connectivity index (χ2n) is 2.04. The lowest BCUT2D eigenvalue weighted by atomic mass is 10.4. The summed E-state index contributed by atoms with van der Waals surface area (Å²) in [5.41, 5.74) is 0. The minimum Gasteiger partial charge on any atom is -0.480 e. The Balaban J connectivity index is 3.27. The molecule has 0 fully saturated rings. The van der Waals surface area contributed by atoms with E-state index in [-0.39, 0.29) is 12.3 Å². The number of hydrogen-bond donors (Lipinski definition) is 2. The van der Waals surface area contributed by atoms with Crippen LogP contribution in [-0.4, -0.2) is 29.9 Å². The Morgan fingerprint density at radius 3 is 2.64 bits per heavy atom. The molecule has 0 aromatic heterocycles. The summed E-state index contributed by atoms with van der Waals surface area (Å²) >= 11 is 0. The van der Waals surface area contributed by atoms with Crippen LogP contribution in [-0.2, 0) is 9.59 Å². The largest absolute Gasteiger partial charge is 0.480 e. The molecular weight excluding hydrogens is 146 g/mol. The molecule has 0 spiro atoms. The number of aliphatic carboxylic acids is 1. The lowest BCUT2D eigenvalue weighted by Crippen LogP contribution is -2.22. The van der Waals surface area contributed by atoms with Crippen LogP contribution in [0.4, 0.5) is 0 Å². The van der Waals surface area contributed by atoms with Crippen molar-refractivity contribution in [2.75, 3.05) is 13.1 Å². The van der Waals surface area contributed by atoms with E-state index in [0.29, 0.717) is 6.54 Å². The predicted octanol–water partition coefficient (Wildman–Crippen LogP) is -0.194. The molecule has 0 aromatic carbocycles. The number of carboxylic acids is 1. The summed E-state index contributed by atoms with van der Waals surface area (Å²) in [6.07, 6.45) is 2.99. The van der Waals surface area contributed by atoms with E-state index in [9.17, 15) is 9.59 Å². The average Bonchev–Trinajstić information content (AvgIpc) is 1.85. The lowest BCUT2D eigenvalue weighted by Gasteiger charge is -1.93. The van der Waals surface area contributed by atoms with Crippen LogP contribution in [0.15, 0.2) is 12.2 Å². The molecule has 0 unspecified atom stereocenters. The van der Waals surface area contributed by atoms with Gasteiger partial charge in [0.25, 0.3) is 0 Å². The molecular formula is C7H11NO3. The van der Waals surface area contributed by atoms with Gasteiger partial charge in [0.15, 0.2) is 5.78 Å². The molecule has 0 amide bonds. The van der Waals surface area contributed by atoms with Crippen molar-refractivity contribution in [2.24, 2.45) is 0 Å². The van der Waals surface area contributed by atoms with E-state index in [0.717, 1.165) is 0 Å².